The van der Waals surface area contributed by atoms with Gasteiger partial charge in [0.15, 0.2) is 0 Å². The van der Waals surface area contributed by atoms with E-state index in [1.54, 1.807) is 17.7 Å². The number of alkyl halides is 3. The molecule has 1 spiro atoms. The molecule has 2 fully saturated rings. The Balaban J connectivity index is 1.09. The highest BCUT2D eigenvalue weighted by Crippen LogP contribution is 2.48. The summed E-state index contributed by atoms with van der Waals surface area (Å²) in [5.41, 5.74) is 2.97. The minimum absolute atomic E-state index is 0.114. The van der Waals surface area contributed by atoms with Crippen molar-refractivity contribution in [3.8, 4) is 0 Å². The minimum atomic E-state index is -4.23. The molecule has 1 atom stereocenters. The molecule has 184 valence electrons. The zero-order chi connectivity index (χ0) is 24.4. The maximum atomic E-state index is 12.8. The van der Waals surface area contributed by atoms with Gasteiger partial charge in [-0.2, -0.15) is 13.2 Å². The first-order valence-corrected chi connectivity index (χ1v) is 12.5. The van der Waals surface area contributed by atoms with E-state index in [4.69, 9.17) is 0 Å². The molecule has 35 heavy (non-hydrogen) atoms. The van der Waals surface area contributed by atoms with E-state index in [1.165, 1.54) is 6.33 Å². The molecule has 0 amide bonds. The summed E-state index contributed by atoms with van der Waals surface area (Å²) >= 11 is 1.09. The molecular formula is C24H25F3N6OS. The maximum Gasteiger partial charge on any atom is 0.393 e. The number of benzene rings is 1. The Labute approximate surface area is 203 Å². The molecule has 0 bridgehead atoms. The third-order valence-electron chi connectivity index (χ3n) is 7.35. The lowest BCUT2D eigenvalue weighted by molar-refractivity contribution is -0.126. The molecule has 1 aliphatic heterocycles. The molecule has 1 aliphatic carbocycles. The number of fused-ring (bicyclic) bond motifs is 2. The summed E-state index contributed by atoms with van der Waals surface area (Å²) in [7, 11) is 1.76. The predicted molar refractivity (Wildman–Crippen MR) is 130 cm³/mol. The Bertz CT molecular complexity index is 1470. The standard InChI is InChI=1S/C24H25F3N6OS/c1-32-19-3-2-14(6-18(19)31-22(32)34)10-28-15-4-5-23(8-15)11-33(12-23)20-17-7-16(9-24(25,26)27)35-21(17)30-13-29-20/h2-3,6-7,13,15,28H,4-5,8-12H2,1H3,(H,31,34). The molecule has 4 aromatic rings. The number of imidazole rings is 1. The summed E-state index contributed by atoms with van der Waals surface area (Å²) in [6.07, 6.45) is -0.449. The number of nitrogens with one attached hydrogen (secondary N) is 2. The van der Waals surface area contributed by atoms with Gasteiger partial charge in [-0.05, 0) is 43.0 Å². The number of H-pyrrole nitrogens is 1. The number of halogens is 3. The Morgan fingerprint density at radius 3 is 2.89 bits per heavy atom. The van der Waals surface area contributed by atoms with Crippen molar-refractivity contribution >= 4 is 38.4 Å². The number of hydrogen-bond acceptors (Lipinski definition) is 6. The van der Waals surface area contributed by atoms with E-state index in [9.17, 15) is 18.0 Å². The van der Waals surface area contributed by atoms with E-state index in [1.807, 2.05) is 18.2 Å². The van der Waals surface area contributed by atoms with Crippen LogP contribution in [0.3, 0.4) is 0 Å². The van der Waals surface area contributed by atoms with Crippen molar-refractivity contribution in [1.82, 2.24) is 24.8 Å². The average Bonchev–Trinajstić information content (AvgIpc) is 3.45. The normalized spacial score (nSPS) is 19.8. The molecule has 1 unspecified atom stereocenters. The van der Waals surface area contributed by atoms with E-state index in [0.717, 1.165) is 72.6 Å². The summed E-state index contributed by atoms with van der Waals surface area (Å²) in [4.78, 5) is 26.4. The maximum absolute atomic E-state index is 12.8. The van der Waals surface area contributed by atoms with E-state index >= 15 is 0 Å². The topological polar surface area (TPSA) is 78.8 Å². The molecule has 7 nitrogen and oxygen atoms in total. The first-order valence-electron chi connectivity index (χ1n) is 11.6. The van der Waals surface area contributed by atoms with Crippen LogP contribution < -0.4 is 15.9 Å². The van der Waals surface area contributed by atoms with Crippen molar-refractivity contribution in [3.05, 3.63) is 51.5 Å². The largest absolute Gasteiger partial charge is 0.393 e. The van der Waals surface area contributed by atoms with Gasteiger partial charge in [-0.1, -0.05) is 6.07 Å². The molecule has 2 aliphatic rings. The van der Waals surface area contributed by atoms with Gasteiger partial charge in [-0.15, -0.1) is 11.3 Å². The summed E-state index contributed by atoms with van der Waals surface area (Å²) < 4.78 is 40.1. The van der Waals surface area contributed by atoms with Crippen LogP contribution >= 0.6 is 11.3 Å². The molecule has 6 rings (SSSR count). The lowest BCUT2D eigenvalue weighted by Gasteiger charge is -2.49. The lowest BCUT2D eigenvalue weighted by Crippen LogP contribution is -2.56. The smallest absolute Gasteiger partial charge is 0.355 e. The Morgan fingerprint density at radius 1 is 1.26 bits per heavy atom. The molecule has 0 radical (unpaired) electrons. The van der Waals surface area contributed by atoms with Crippen molar-refractivity contribution in [2.75, 3.05) is 18.0 Å². The second-order valence-electron chi connectivity index (χ2n) is 9.94. The number of thiophene rings is 1. The molecule has 4 heterocycles. The highest BCUT2D eigenvalue weighted by Gasteiger charge is 2.48. The number of nitrogens with zero attached hydrogens (tertiary/aromatic N) is 4. The van der Waals surface area contributed by atoms with Gasteiger partial charge < -0.3 is 15.2 Å². The number of anilines is 1. The van der Waals surface area contributed by atoms with Gasteiger partial charge in [-0.25, -0.2) is 14.8 Å². The molecule has 2 N–H and O–H groups in total. The van der Waals surface area contributed by atoms with Gasteiger partial charge in [0.05, 0.1) is 22.8 Å². The number of aryl methyl sites for hydroxylation is 1. The number of aromatic amines is 1. The molecule has 11 heteroatoms. The monoisotopic (exact) mass is 502 g/mol. The Hall–Kier alpha value is -2.92. The quantitative estimate of drug-likeness (QED) is 0.429. The van der Waals surface area contributed by atoms with E-state index in [0.29, 0.717) is 16.3 Å². The van der Waals surface area contributed by atoms with Crippen molar-refractivity contribution in [1.29, 1.82) is 0 Å². The van der Waals surface area contributed by atoms with Crippen LogP contribution in [0.4, 0.5) is 19.0 Å². The summed E-state index contributed by atoms with van der Waals surface area (Å²) in [5, 5.41) is 4.39. The summed E-state index contributed by atoms with van der Waals surface area (Å²) in [5.74, 6) is 0.742. The summed E-state index contributed by atoms with van der Waals surface area (Å²) in [6.45, 7) is 2.46. The van der Waals surface area contributed by atoms with Crippen molar-refractivity contribution in [3.63, 3.8) is 0 Å². The van der Waals surface area contributed by atoms with Gasteiger partial charge in [0, 0.05) is 43.0 Å². The van der Waals surface area contributed by atoms with E-state index in [2.05, 4.69) is 25.2 Å². The predicted octanol–water partition coefficient (Wildman–Crippen LogP) is 4.12. The molecule has 1 saturated carbocycles. The molecule has 1 saturated heterocycles. The number of hydrogen-bond donors (Lipinski definition) is 2. The van der Waals surface area contributed by atoms with Crippen LogP contribution in [-0.4, -0.2) is 44.8 Å². The van der Waals surface area contributed by atoms with Gasteiger partial charge in [0.2, 0.25) is 0 Å². The Morgan fingerprint density at radius 2 is 2.09 bits per heavy atom. The fourth-order valence-corrected chi connectivity index (χ4v) is 6.69. The third kappa shape index (κ3) is 4.20. The summed E-state index contributed by atoms with van der Waals surface area (Å²) in [6, 6.07) is 8.05. The van der Waals surface area contributed by atoms with E-state index in [-0.39, 0.29) is 16.0 Å². The SMILES string of the molecule is Cn1c(=O)[nH]c2cc(CNC3CCC4(C3)CN(c3ncnc5sc(CC(F)(F)F)cc35)C4)ccc21. The van der Waals surface area contributed by atoms with Gasteiger partial charge in [0.25, 0.3) is 0 Å². The van der Waals surface area contributed by atoms with Crippen LogP contribution in [0.15, 0.2) is 35.4 Å². The lowest BCUT2D eigenvalue weighted by atomic mass is 9.78. The highest BCUT2D eigenvalue weighted by molar-refractivity contribution is 7.18. The van der Waals surface area contributed by atoms with Crippen molar-refractivity contribution < 1.29 is 13.2 Å². The highest BCUT2D eigenvalue weighted by atomic mass is 32.1. The first-order chi connectivity index (χ1) is 16.7. The van der Waals surface area contributed by atoms with Gasteiger partial charge in [-0.3, -0.25) is 4.57 Å². The zero-order valence-electron chi connectivity index (χ0n) is 19.2. The van der Waals surface area contributed by atoms with Crippen LogP contribution in [0.1, 0.15) is 29.7 Å². The minimum Gasteiger partial charge on any atom is -0.355 e. The zero-order valence-corrected chi connectivity index (χ0v) is 20.0. The fourth-order valence-electron chi connectivity index (χ4n) is 5.67. The third-order valence-corrected chi connectivity index (χ3v) is 8.40. The van der Waals surface area contributed by atoms with Crippen molar-refractivity contribution in [2.45, 2.75) is 44.4 Å². The van der Waals surface area contributed by atoms with Gasteiger partial charge >= 0.3 is 11.9 Å². The number of rotatable bonds is 5. The average molecular weight is 503 g/mol. The van der Waals surface area contributed by atoms with Crippen molar-refractivity contribution in [2.24, 2.45) is 12.5 Å². The Kier molecular flexibility index (Phi) is 5.19. The molecule has 3 aromatic heterocycles. The van der Waals surface area contributed by atoms with Crippen LogP contribution in [-0.2, 0) is 20.0 Å². The first kappa shape index (κ1) is 22.5. The van der Waals surface area contributed by atoms with Crippen LogP contribution in [0.5, 0.6) is 0 Å². The van der Waals surface area contributed by atoms with Gasteiger partial charge in [0.1, 0.15) is 17.0 Å². The van der Waals surface area contributed by atoms with Crippen LogP contribution in [0.25, 0.3) is 21.3 Å². The van der Waals surface area contributed by atoms with Crippen LogP contribution in [0.2, 0.25) is 0 Å². The fraction of sp³-hybridized carbons (Fsp3) is 0.458. The second-order valence-corrected chi connectivity index (χ2v) is 11.1. The molecular weight excluding hydrogens is 477 g/mol. The number of aromatic nitrogens is 4. The van der Waals surface area contributed by atoms with E-state index < -0.39 is 12.6 Å². The second kappa shape index (κ2) is 8.06. The molecule has 1 aromatic carbocycles. The van der Waals surface area contributed by atoms with Crippen LogP contribution in [0, 0.1) is 5.41 Å².